The van der Waals surface area contributed by atoms with Crippen molar-refractivity contribution in [2.75, 3.05) is 6.61 Å². The van der Waals surface area contributed by atoms with Crippen LogP contribution in [0.15, 0.2) is 36.0 Å². The average Bonchev–Trinajstić information content (AvgIpc) is 2.66. The Morgan fingerprint density at radius 3 is 2.71 bits per heavy atom. The fourth-order valence-corrected chi connectivity index (χ4v) is 4.13. The van der Waals surface area contributed by atoms with Gasteiger partial charge in [-0.05, 0) is 43.0 Å². The quantitative estimate of drug-likeness (QED) is 0.375. The van der Waals surface area contributed by atoms with Crippen LogP contribution in [0.5, 0.6) is 5.75 Å². The lowest BCUT2D eigenvalue weighted by molar-refractivity contribution is -0.123. The molecule has 1 amide bonds. The minimum atomic E-state index is -0.431. The van der Waals surface area contributed by atoms with Crippen LogP contribution in [0.2, 0.25) is 5.02 Å². The molecule has 1 aromatic rings. The van der Waals surface area contributed by atoms with Gasteiger partial charge in [0.2, 0.25) is 0 Å². The van der Waals surface area contributed by atoms with Gasteiger partial charge in [-0.2, -0.15) is 0 Å². The van der Waals surface area contributed by atoms with Gasteiger partial charge in [0.15, 0.2) is 5.78 Å². The number of nitrogens with one attached hydrogen (secondary N) is 1. The van der Waals surface area contributed by atoms with Gasteiger partial charge in [0.1, 0.15) is 5.75 Å². The molecule has 0 spiro atoms. The topological polar surface area (TPSA) is 55.4 Å². The number of hydrogen-bond acceptors (Lipinski definition) is 3. The molecule has 2 aliphatic rings. The molecule has 0 atom stereocenters. The summed E-state index contributed by atoms with van der Waals surface area (Å²) in [6.45, 7) is 4.27. The third-order valence-corrected chi connectivity index (χ3v) is 5.71. The van der Waals surface area contributed by atoms with Gasteiger partial charge in [0.05, 0.1) is 18.6 Å². The molecular formula is C23H28ClNO3. The molecule has 0 bridgehead atoms. The Morgan fingerprint density at radius 1 is 1.18 bits per heavy atom. The molecule has 0 aromatic heterocycles. The first kappa shape index (κ1) is 20.7. The number of carbonyl (C=O) groups is 2. The third-order valence-electron chi connectivity index (χ3n) is 5.47. The van der Waals surface area contributed by atoms with Crippen molar-refractivity contribution in [3.05, 3.63) is 46.6 Å². The molecule has 3 rings (SSSR count). The summed E-state index contributed by atoms with van der Waals surface area (Å²) in [4.78, 5) is 24.3. The highest BCUT2D eigenvalue weighted by Gasteiger charge is 2.25. The van der Waals surface area contributed by atoms with Crippen molar-refractivity contribution < 1.29 is 14.3 Å². The smallest absolute Gasteiger partial charge is 0.259 e. The highest BCUT2D eigenvalue weighted by atomic mass is 35.5. The summed E-state index contributed by atoms with van der Waals surface area (Å²) >= 11 is 6.12. The molecule has 5 heteroatoms. The fourth-order valence-electron chi connectivity index (χ4n) is 3.95. The van der Waals surface area contributed by atoms with Crippen LogP contribution in [0.1, 0.15) is 63.4 Å². The minimum absolute atomic E-state index is 0.108. The number of Topliss-reactive ketones (excluding diaryl/α,β-unsaturated/α-hetero) is 1. The highest BCUT2D eigenvalue weighted by molar-refractivity contribution is 6.31. The maximum absolute atomic E-state index is 12.2. The largest absolute Gasteiger partial charge is 0.493 e. The van der Waals surface area contributed by atoms with E-state index in [-0.39, 0.29) is 17.8 Å². The molecule has 150 valence electrons. The molecule has 1 saturated carbocycles. The number of halogens is 1. The van der Waals surface area contributed by atoms with Crippen LogP contribution in [-0.2, 0) is 9.59 Å². The second-order valence-electron chi connectivity index (χ2n) is 7.75. The Hall–Kier alpha value is -2.07. The summed E-state index contributed by atoms with van der Waals surface area (Å²) in [6.07, 6.45) is 12.0. The van der Waals surface area contributed by atoms with Gasteiger partial charge in [-0.3, -0.25) is 9.59 Å². The summed E-state index contributed by atoms with van der Waals surface area (Å²) in [6, 6.07) is 5.27. The van der Waals surface area contributed by atoms with E-state index >= 15 is 0 Å². The Morgan fingerprint density at radius 2 is 1.96 bits per heavy atom. The minimum Gasteiger partial charge on any atom is -0.493 e. The first-order chi connectivity index (χ1) is 13.5. The summed E-state index contributed by atoms with van der Waals surface area (Å²) in [5.74, 6) is 0.849. The molecule has 1 aliphatic heterocycles. The first-order valence-electron chi connectivity index (χ1n) is 10.2. The number of piperidine rings is 1. The van der Waals surface area contributed by atoms with E-state index in [2.05, 4.69) is 11.9 Å². The number of amides is 1. The normalized spacial score (nSPS) is 19.8. The Labute approximate surface area is 172 Å². The van der Waals surface area contributed by atoms with E-state index in [1.54, 1.807) is 24.3 Å². The molecule has 4 nitrogen and oxygen atoms in total. The molecule has 1 N–H and O–H groups in total. The summed E-state index contributed by atoms with van der Waals surface area (Å²) in [5.41, 5.74) is 1.18. The lowest BCUT2D eigenvalue weighted by Crippen LogP contribution is -2.34. The zero-order chi connectivity index (χ0) is 19.9. The molecule has 2 fully saturated rings. The Kier molecular flexibility index (Phi) is 7.32. The monoisotopic (exact) mass is 401 g/mol. The number of ether oxygens (including phenoxy) is 1. The zero-order valence-corrected chi connectivity index (χ0v) is 17.0. The van der Waals surface area contributed by atoms with Crippen LogP contribution in [0.3, 0.4) is 0 Å². The van der Waals surface area contributed by atoms with Crippen LogP contribution in [0.25, 0.3) is 6.08 Å². The van der Waals surface area contributed by atoms with Crippen molar-refractivity contribution in [3.63, 3.8) is 0 Å². The maximum Gasteiger partial charge on any atom is 0.259 e. The zero-order valence-electron chi connectivity index (χ0n) is 16.3. The fraction of sp³-hybridized carbons (Fsp3) is 0.478. The number of rotatable bonds is 7. The van der Waals surface area contributed by atoms with Crippen LogP contribution >= 0.6 is 11.6 Å². The number of benzene rings is 1. The van der Waals surface area contributed by atoms with E-state index in [0.29, 0.717) is 28.6 Å². The third kappa shape index (κ3) is 5.71. The Bertz CT molecular complexity index is 756. The predicted octanol–water partition coefficient (Wildman–Crippen LogP) is 5.46. The number of allylic oxidation sites excluding steroid dienone is 1. The van der Waals surface area contributed by atoms with Crippen molar-refractivity contribution in [1.29, 1.82) is 0 Å². The number of ketones is 1. The first-order valence-corrected chi connectivity index (χ1v) is 10.6. The van der Waals surface area contributed by atoms with Gasteiger partial charge in [-0.15, -0.1) is 0 Å². The van der Waals surface area contributed by atoms with Crippen molar-refractivity contribution in [2.24, 2.45) is 5.92 Å². The molecule has 28 heavy (non-hydrogen) atoms. The van der Waals surface area contributed by atoms with Gasteiger partial charge in [0.25, 0.3) is 5.91 Å². The van der Waals surface area contributed by atoms with Crippen LogP contribution in [-0.4, -0.2) is 18.3 Å². The maximum atomic E-state index is 12.2. The number of unbranched alkanes of at least 4 members (excludes halogenated alkanes) is 1. The summed E-state index contributed by atoms with van der Waals surface area (Å²) < 4.78 is 5.95. The van der Waals surface area contributed by atoms with Crippen LogP contribution in [0.4, 0.5) is 0 Å². The van der Waals surface area contributed by atoms with E-state index in [0.717, 1.165) is 18.8 Å². The van der Waals surface area contributed by atoms with Crippen molar-refractivity contribution in [1.82, 2.24) is 5.32 Å². The van der Waals surface area contributed by atoms with Gasteiger partial charge in [-0.1, -0.05) is 56.7 Å². The summed E-state index contributed by atoms with van der Waals surface area (Å²) in [7, 11) is 0. The molecular weight excluding hydrogens is 374 g/mol. The molecule has 1 aromatic carbocycles. The van der Waals surface area contributed by atoms with E-state index in [9.17, 15) is 9.59 Å². The highest BCUT2D eigenvalue weighted by Crippen LogP contribution is 2.29. The van der Waals surface area contributed by atoms with Crippen molar-refractivity contribution >= 4 is 29.4 Å². The second-order valence-corrected chi connectivity index (χ2v) is 8.18. The van der Waals surface area contributed by atoms with Gasteiger partial charge >= 0.3 is 0 Å². The molecule has 0 unspecified atom stereocenters. The van der Waals surface area contributed by atoms with E-state index in [1.165, 1.54) is 38.5 Å². The average molecular weight is 402 g/mol. The predicted molar refractivity (Wildman–Crippen MR) is 112 cm³/mol. The van der Waals surface area contributed by atoms with Crippen molar-refractivity contribution in [3.8, 4) is 5.75 Å². The van der Waals surface area contributed by atoms with E-state index in [4.69, 9.17) is 16.3 Å². The van der Waals surface area contributed by atoms with E-state index < -0.39 is 5.91 Å². The molecule has 1 saturated heterocycles. The van der Waals surface area contributed by atoms with Crippen LogP contribution in [0, 0.1) is 5.92 Å². The standard InChI is InChI=1S/C23H28ClNO3/c1-16-13-21(26)20(23(27)25-16)15-18-14-19(24)10-11-22(18)28-12-6-5-9-17-7-3-2-4-8-17/h10-11,14-15,17H,1-9,12-13H2,(H,25,27)/b20-15-. The summed E-state index contributed by atoms with van der Waals surface area (Å²) in [5, 5.41) is 3.14. The second kappa shape index (κ2) is 9.92. The van der Waals surface area contributed by atoms with E-state index in [1.807, 2.05) is 0 Å². The van der Waals surface area contributed by atoms with Gasteiger partial charge in [0, 0.05) is 16.3 Å². The lowest BCUT2D eigenvalue weighted by atomic mass is 9.86. The van der Waals surface area contributed by atoms with Crippen LogP contribution < -0.4 is 10.1 Å². The number of hydrogen-bond donors (Lipinski definition) is 1. The number of carbonyl (C=O) groups excluding carboxylic acids is 2. The van der Waals surface area contributed by atoms with Gasteiger partial charge < -0.3 is 10.1 Å². The van der Waals surface area contributed by atoms with Crippen molar-refractivity contribution in [2.45, 2.75) is 57.8 Å². The lowest BCUT2D eigenvalue weighted by Gasteiger charge is -2.21. The Balaban J connectivity index is 1.59. The van der Waals surface area contributed by atoms with Gasteiger partial charge in [-0.25, -0.2) is 0 Å². The molecule has 1 heterocycles. The molecule has 0 radical (unpaired) electrons. The molecule has 1 aliphatic carbocycles. The SMILES string of the molecule is C=C1CC(=O)/C(=C/c2cc(Cl)ccc2OCCCCC2CCCCC2)C(=O)N1.